The van der Waals surface area contributed by atoms with Crippen molar-refractivity contribution in [2.45, 2.75) is 12.5 Å². The fourth-order valence-electron chi connectivity index (χ4n) is 1.22. The molecule has 1 rings (SSSR count). The van der Waals surface area contributed by atoms with E-state index in [9.17, 15) is 9.18 Å². The largest absolute Gasteiger partial charge is 0.381 e. The molecule has 1 atom stereocenters. The molecule has 4 nitrogen and oxygen atoms in total. The van der Waals surface area contributed by atoms with Gasteiger partial charge in [0.2, 0.25) is 5.91 Å². The number of benzene rings is 1. The zero-order valence-corrected chi connectivity index (χ0v) is 8.24. The highest BCUT2D eigenvalue weighted by molar-refractivity contribution is 5.75. The molecule has 0 spiro atoms. The maximum atomic E-state index is 12.6. The van der Waals surface area contributed by atoms with Gasteiger partial charge in [0.15, 0.2) is 0 Å². The summed E-state index contributed by atoms with van der Waals surface area (Å²) in [5, 5.41) is 2.99. The minimum absolute atomic E-state index is 0.161. The molecule has 0 radical (unpaired) electrons. The maximum absolute atomic E-state index is 12.6. The molecule has 0 bridgehead atoms. The molecular formula is C10H14FN3O. The van der Waals surface area contributed by atoms with Crippen molar-refractivity contribution in [1.82, 2.24) is 0 Å². The summed E-state index contributed by atoms with van der Waals surface area (Å²) < 4.78 is 12.6. The van der Waals surface area contributed by atoms with Crippen LogP contribution in [-0.2, 0) is 4.79 Å². The van der Waals surface area contributed by atoms with E-state index in [4.69, 9.17) is 11.5 Å². The number of primary amides is 1. The Bertz CT molecular complexity index is 326. The van der Waals surface area contributed by atoms with Crippen LogP contribution in [0.4, 0.5) is 10.1 Å². The van der Waals surface area contributed by atoms with Gasteiger partial charge >= 0.3 is 0 Å². The first kappa shape index (κ1) is 11.5. The van der Waals surface area contributed by atoms with Gasteiger partial charge < -0.3 is 16.8 Å². The van der Waals surface area contributed by atoms with Crippen LogP contribution in [0.5, 0.6) is 0 Å². The van der Waals surface area contributed by atoms with Gasteiger partial charge in [-0.1, -0.05) is 0 Å². The van der Waals surface area contributed by atoms with Gasteiger partial charge in [-0.05, 0) is 24.3 Å². The van der Waals surface area contributed by atoms with Crippen molar-refractivity contribution in [3.05, 3.63) is 30.1 Å². The fraction of sp³-hybridized carbons (Fsp3) is 0.300. The number of amides is 1. The number of halogens is 1. The molecule has 0 fully saturated rings. The summed E-state index contributed by atoms with van der Waals surface area (Å²) in [5.74, 6) is -0.722. The molecule has 0 saturated carbocycles. The van der Waals surface area contributed by atoms with E-state index < -0.39 is 5.91 Å². The number of rotatable bonds is 5. The predicted molar refractivity (Wildman–Crippen MR) is 56.7 cm³/mol. The van der Waals surface area contributed by atoms with Crippen molar-refractivity contribution in [2.75, 3.05) is 11.9 Å². The Hall–Kier alpha value is -1.62. The average molecular weight is 211 g/mol. The number of carbonyl (C=O) groups excluding carboxylic acids is 1. The number of nitrogens with two attached hydrogens (primary N) is 2. The van der Waals surface area contributed by atoms with Crippen molar-refractivity contribution >= 4 is 11.6 Å². The van der Waals surface area contributed by atoms with Gasteiger partial charge in [0.25, 0.3) is 0 Å². The van der Waals surface area contributed by atoms with Gasteiger partial charge in [-0.3, -0.25) is 4.79 Å². The van der Waals surface area contributed by atoms with Crippen molar-refractivity contribution in [3.8, 4) is 0 Å². The van der Waals surface area contributed by atoms with Crippen LogP contribution in [0.1, 0.15) is 6.42 Å². The number of hydrogen-bond donors (Lipinski definition) is 3. The normalized spacial score (nSPS) is 12.1. The summed E-state index contributed by atoms with van der Waals surface area (Å²) in [6.07, 6.45) is 0.161. The zero-order valence-electron chi connectivity index (χ0n) is 8.24. The third kappa shape index (κ3) is 3.95. The van der Waals surface area contributed by atoms with Crippen LogP contribution < -0.4 is 16.8 Å². The lowest BCUT2D eigenvalue weighted by molar-refractivity contribution is -0.118. The third-order valence-electron chi connectivity index (χ3n) is 1.95. The van der Waals surface area contributed by atoms with Gasteiger partial charge in [0.05, 0.1) is 0 Å². The lowest BCUT2D eigenvalue weighted by Crippen LogP contribution is -2.33. The molecule has 0 aromatic heterocycles. The number of carbonyl (C=O) groups is 1. The van der Waals surface area contributed by atoms with Crippen LogP contribution in [0.2, 0.25) is 0 Å². The topological polar surface area (TPSA) is 81.1 Å². The van der Waals surface area contributed by atoms with Crippen LogP contribution in [-0.4, -0.2) is 18.5 Å². The average Bonchev–Trinajstić information content (AvgIpc) is 2.19. The standard InChI is InChI=1S/C10H14FN3O/c11-7-1-3-8(4-2-7)14-9(6-12)5-10(13)15/h1-4,9,14H,5-6,12H2,(H2,13,15). The molecule has 82 valence electrons. The Labute approximate surface area is 87.4 Å². The first-order valence-corrected chi connectivity index (χ1v) is 4.62. The van der Waals surface area contributed by atoms with E-state index in [1.165, 1.54) is 12.1 Å². The molecule has 1 aromatic carbocycles. The van der Waals surface area contributed by atoms with Crippen LogP contribution in [0.3, 0.4) is 0 Å². The van der Waals surface area contributed by atoms with E-state index in [2.05, 4.69) is 5.32 Å². The Balaban J connectivity index is 2.58. The SMILES string of the molecule is NCC(CC(N)=O)Nc1ccc(F)cc1. The number of nitrogens with one attached hydrogen (secondary N) is 1. The molecular weight excluding hydrogens is 197 g/mol. The minimum Gasteiger partial charge on any atom is -0.381 e. The monoisotopic (exact) mass is 211 g/mol. The summed E-state index contributed by atoms with van der Waals surface area (Å²) in [4.78, 5) is 10.7. The second-order valence-corrected chi connectivity index (χ2v) is 3.25. The second-order valence-electron chi connectivity index (χ2n) is 3.25. The van der Waals surface area contributed by atoms with Crippen LogP contribution in [0.25, 0.3) is 0 Å². The van der Waals surface area contributed by atoms with E-state index >= 15 is 0 Å². The van der Waals surface area contributed by atoms with E-state index in [0.29, 0.717) is 12.2 Å². The molecule has 0 aliphatic heterocycles. The van der Waals surface area contributed by atoms with Crippen LogP contribution in [0, 0.1) is 5.82 Å². The number of hydrogen-bond acceptors (Lipinski definition) is 3. The molecule has 1 unspecified atom stereocenters. The lowest BCUT2D eigenvalue weighted by Gasteiger charge is -2.16. The summed E-state index contributed by atoms with van der Waals surface area (Å²) >= 11 is 0. The Kier molecular flexibility index (Phi) is 4.05. The van der Waals surface area contributed by atoms with Crippen LogP contribution in [0.15, 0.2) is 24.3 Å². The fourth-order valence-corrected chi connectivity index (χ4v) is 1.22. The van der Waals surface area contributed by atoms with Crippen LogP contribution >= 0.6 is 0 Å². The Morgan fingerprint density at radius 1 is 1.40 bits per heavy atom. The second kappa shape index (κ2) is 5.31. The van der Waals surface area contributed by atoms with Crippen molar-refractivity contribution in [1.29, 1.82) is 0 Å². The van der Waals surface area contributed by atoms with Gasteiger partial charge in [0.1, 0.15) is 5.82 Å². The van der Waals surface area contributed by atoms with E-state index in [1.54, 1.807) is 12.1 Å². The van der Waals surface area contributed by atoms with E-state index in [-0.39, 0.29) is 18.3 Å². The molecule has 5 N–H and O–H groups in total. The lowest BCUT2D eigenvalue weighted by atomic mass is 10.2. The molecule has 1 amide bonds. The molecule has 0 heterocycles. The summed E-state index contributed by atoms with van der Waals surface area (Å²) in [6, 6.07) is 5.62. The first-order chi connectivity index (χ1) is 7.11. The van der Waals surface area contributed by atoms with Crippen molar-refractivity contribution in [3.63, 3.8) is 0 Å². The molecule has 15 heavy (non-hydrogen) atoms. The summed E-state index contributed by atoms with van der Waals surface area (Å²) in [5.41, 5.74) is 11.2. The zero-order chi connectivity index (χ0) is 11.3. The molecule has 0 aliphatic carbocycles. The van der Waals surface area contributed by atoms with Crippen molar-refractivity contribution in [2.24, 2.45) is 11.5 Å². The Morgan fingerprint density at radius 3 is 2.47 bits per heavy atom. The highest BCUT2D eigenvalue weighted by atomic mass is 19.1. The summed E-state index contributed by atoms with van der Waals surface area (Å²) in [7, 11) is 0. The van der Waals surface area contributed by atoms with E-state index in [0.717, 1.165) is 0 Å². The highest BCUT2D eigenvalue weighted by Gasteiger charge is 2.09. The maximum Gasteiger partial charge on any atom is 0.219 e. The molecule has 5 heteroatoms. The summed E-state index contributed by atoms with van der Waals surface area (Å²) in [6.45, 7) is 0.292. The van der Waals surface area contributed by atoms with Gasteiger partial charge in [-0.15, -0.1) is 0 Å². The highest BCUT2D eigenvalue weighted by Crippen LogP contribution is 2.10. The molecule has 0 saturated heterocycles. The van der Waals surface area contributed by atoms with Gasteiger partial charge in [-0.2, -0.15) is 0 Å². The smallest absolute Gasteiger partial charge is 0.219 e. The molecule has 0 aliphatic rings. The Morgan fingerprint density at radius 2 is 2.00 bits per heavy atom. The minimum atomic E-state index is -0.417. The molecule has 1 aromatic rings. The van der Waals surface area contributed by atoms with Gasteiger partial charge in [-0.25, -0.2) is 4.39 Å². The van der Waals surface area contributed by atoms with Crippen molar-refractivity contribution < 1.29 is 9.18 Å². The quantitative estimate of drug-likeness (QED) is 0.661. The predicted octanol–water partition coefficient (Wildman–Crippen LogP) is 0.440. The third-order valence-corrected chi connectivity index (χ3v) is 1.95. The van der Waals surface area contributed by atoms with Gasteiger partial charge in [0, 0.05) is 24.7 Å². The van der Waals surface area contributed by atoms with E-state index in [1.807, 2.05) is 0 Å². The number of anilines is 1. The first-order valence-electron chi connectivity index (χ1n) is 4.62.